The largest absolute Gasteiger partial charge is 0.376 e. The third-order valence-electron chi connectivity index (χ3n) is 3.56. The van der Waals surface area contributed by atoms with Gasteiger partial charge in [0, 0.05) is 6.61 Å². The Balaban J connectivity index is 2.27. The number of nitrogens with one attached hydrogen (secondary N) is 1. The molecule has 1 fully saturated rings. The van der Waals surface area contributed by atoms with Crippen molar-refractivity contribution in [2.75, 3.05) is 20.2 Å². The minimum atomic E-state index is 0.0138. The first-order chi connectivity index (χ1) is 7.53. The Morgan fingerprint density at radius 1 is 1.25 bits per heavy atom. The van der Waals surface area contributed by atoms with E-state index in [4.69, 9.17) is 4.74 Å². The van der Waals surface area contributed by atoms with Gasteiger partial charge in [0.25, 0.3) is 0 Å². The lowest BCUT2D eigenvalue weighted by Gasteiger charge is -2.26. The first-order valence-electron chi connectivity index (χ1n) is 6.81. The van der Waals surface area contributed by atoms with Crippen molar-refractivity contribution in [2.45, 2.75) is 58.5 Å². The molecule has 0 bridgehead atoms. The molecule has 1 aliphatic rings. The van der Waals surface area contributed by atoms with Crippen molar-refractivity contribution in [1.82, 2.24) is 5.32 Å². The van der Waals surface area contributed by atoms with Crippen LogP contribution in [0.15, 0.2) is 0 Å². The lowest BCUT2D eigenvalue weighted by atomic mass is 9.88. The van der Waals surface area contributed by atoms with Gasteiger partial charge in [-0.15, -0.1) is 0 Å². The molecule has 0 saturated heterocycles. The van der Waals surface area contributed by atoms with Gasteiger partial charge in [-0.1, -0.05) is 25.7 Å². The van der Waals surface area contributed by atoms with Crippen LogP contribution in [0.1, 0.15) is 52.9 Å². The molecule has 0 aliphatic heterocycles. The predicted octanol–water partition coefficient (Wildman–Crippen LogP) is 3.22. The van der Waals surface area contributed by atoms with Crippen molar-refractivity contribution in [2.24, 2.45) is 11.8 Å². The highest BCUT2D eigenvalue weighted by Gasteiger charge is 2.24. The van der Waals surface area contributed by atoms with E-state index in [1.54, 1.807) is 0 Å². The summed E-state index contributed by atoms with van der Waals surface area (Å²) in [5, 5.41) is 3.34. The van der Waals surface area contributed by atoms with Crippen LogP contribution in [0.3, 0.4) is 0 Å². The number of hydrogen-bond donors (Lipinski definition) is 1. The monoisotopic (exact) mass is 227 g/mol. The second kappa shape index (κ2) is 6.61. The van der Waals surface area contributed by atoms with Gasteiger partial charge < -0.3 is 10.1 Å². The van der Waals surface area contributed by atoms with Crippen molar-refractivity contribution < 1.29 is 4.74 Å². The summed E-state index contributed by atoms with van der Waals surface area (Å²) >= 11 is 0. The number of rotatable bonds is 6. The van der Waals surface area contributed by atoms with Gasteiger partial charge in [0.15, 0.2) is 0 Å². The molecule has 0 aromatic carbocycles. The van der Waals surface area contributed by atoms with Crippen molar-refractivity contribution in [3.05, 3.63) is 0 Å². The van der Waals surface area contributed by atoms with Gasteiger partial charge in [0.2, 0.25) is 0 Å². The second-order valence-corrected chi connectivity index (χ2v) is 6.11. The maximum Gasteiger partial charge on any atom is 0.0598 e. The zero-order chi connectivity index (χ0) is 12.0. The Morgan fingerprint density at radius 3 is 2.38 bits per heavy atom. The standard InChI is InChI=1S/C14H29NO/c1-14(2,3)16-10-9-13(11-15-4)12-7-5-6-8-12/h12-13,15H,5-11H2,1-4H3. The van der Waals surface area contributed by atoms with Crippen LogP contribution in [0.4, 0.5) is 0 Å². The maximum atomic E-state index is 5.84. The molecule has 0 amide bonds. The summed E-state index contributed by atoms with van der Waals surface area (Å²) in [6, 6.07) is 0. The Kier molecular flexibility index (Phi) is 5.77. The molecule has 1 rings (SSSR count). The van der Waals surface area contributed by atoms with Crippen LogP contribution in [-0.2, 0) is 4.74 Å². The van der Waals surface area contributed by atoms with Crippen molar-refractivity contribution in [1.29, 1.82) is 0 Å². The Hall–Kier alpha value is -0.0800. The lowest BCUT2D eigenvalue weighted by Crippen LogP contribution is -2.28. The molecule has 0 heterocycles. The second-order valence-electron chi connectivity index (χ2n) is 6.11. The average Bonchev–Trinajstić information content (AvgIpc) is 2.67. The molecule has 96 valence electrons. The van der Waals surface area contributed by atoms with E-state index >= 15 is 0 Å². The van der Waals surface area contributed by atoms with Gasteiger partial charge >= 0.3 is 0 Å². The molecule has 0 spiro atoms. The molecule has 1 aliphatic carbocycles. The summed E-state index contributed by atoms with van der Waals surface area (Å²) in [6.45, 7) is 8.46. The van der Waals surface area contributed by atoms with E-state index in [0.29, 0.717) is 0 Å². The van der Waals surface area contributed by atoms with Gasteiger partial charge in [0.1, 0.15) is 0 Å². The van der Waals surface area contributed by atoms with E-state index in [1.807, 2.05) is 0 Å². The Morgan fingerprint density at radius 2 is 1.88 bits per heavy atom. The van der Waals surface area contributed by atoms with Crippen LogP contribution >= 0.6 is 0 Å². The van der Waals surface area contributed by atoms with Gasteiger partial charge in [-0.05, 0) is 52.6 Å². The van der Waals surface area contributed by atoms with Crippen LogP contribution in [0.25, 0.3) is 0 Å². The van der Waals surface area contributed by atoms with Gasteiger partial charge in [-0.2, -0.15) is 0 Å². The summed E-state index contributed by atoms with van der Waals surface area (Å²) in [7, 11) is 2.06. The number of hydrogen-bond acceptors (Lipinski definition) is 2. The van der Waals surface area contributed by atoms with E-state index in [2.05, 4.69) is 33.1 Å². The fourth-order valence-electron chi connectivity index (χ4n) is 2.71. The Labute approximate surface area is 101 Å². The summed E-state index contributed by atoms with van der Waals surface area (Å²) < 4.78 is 5.84. The summed E-state index contributed by atoms with van der Waals surface area (Å²) in [5.41, 5.74) is 0.0138. The molecule has 1 unspecified atom stereocenters. The molecule has 2 heteroatoms. The summed E-state index contributed by atoms with van der Waals surface area (Å²) in [4.78, 5) is 0. The normalized spacial score (nSPS) is 20.2. The molecule has 1 saturated carbocycles. The minimum absolute atomic E-state index is 0.0138. The first-order valence-corrected chi connectivity index (χ1v) is 6.81. The quantitative estimate of drug-likeness (QED) is 0.752. The predicted molar refractivity (Wildman–Crippen MR) is 69.7 cm³/mol. The fourth-order valence-corrected chi connectivity index (χ4v) is 2.71. The van der Waals surface area contributed by atoms with E-state index in [0.717, 1.165) is 25.0 Å². The number of ether oxygens (including phenoxy) is 1. The van der Waals surface area contributed by atoms with Crippen molar-refractivity contribution in [3.8, 4) is 0 Å². The zero-order valence-electron chi connectivity index (χ0n) is 11.5. The van der Waals surface area contributed by atoms with Crippen LogP contribution in [0.2, 0.25) is 0 Å². The third-order valence-corrected chi connectivity index (χ3v) is 3.56. The van der Waals surface area contributed by atoms with E-state index in [9.17, 15) is 0 Å². The minimum Gasteiger partial charge on any atom is -0.376 e. The average molecular weight is 227 g/mol. The molecule has 0 aromatic rings. The topological polar surface area (TPSA) is 21.3 Å². The SMILES string of the molecule is CNCC(CCOC(C)(C)C)C1CCCC1. The molecule has 2 nitrogen and oxygen atoms in total. The van der Waals surface area contributed by atoms with Gasteiger partial charge in [-0.25, -0.2) is 0 Å². The smallest absolute Gasteiger partial charge is 0.0598 e. The highest BCUT2D eigenvalue weighted by molar-refractivity contribution is 4.77. The van der Waals surface area contributed by atoms with Crippen LogP contribution in [0.5, 0.6) is 0 Å². The van der Waals surface area contributed by atoms with Crippen LogP contribution in [-0.4, -0.2) is 25.8 Å². The highest BCUT2D eigenvalue weighted by atomic mass is 16.5. The van der Waals surface area contributed by atoms with Crippen LogP contribution in [0, 0.1) is 11.8 Å². The van der Waals surface area contributed by atoms with E-state index < -0.39 is 0 Å². The van der Waals surface area contributed by atoms with E-state index in [-0.39, 0.29) is 5.60 Å². The molecule has 16 heavy (non-hydrogen) atoms. The zero-order valence-corrected chi connectivity index (χ0v) is 11.5. The maximum absolute atomic E-state index is 5.84. The lowest BCUT2D eigenvalue weighted by molar-refractivity contribution is -0.0120. The third kappa shape index (κ3) is 5.31. The summed E-state index contributed by atoms with van der Waals surface area (Å²) in [6.07, 6.45) is 6.95. The van der Waals surface area contributed by atoms with Gasteiger partial charge in [0.05, 0.1) is 5.60 Å². The fraction of sp³-hybridized carbons (Fsp3) is 1.00. The highest BCUT2D eigenvalue weighted by Crippen LogP contribution is 2.33. The molecule has 1 atom stereocenters. The van der Waals surface area contributed by atoms with Crippen LogP contribution < -0.4 is 5.32 Å². The molecule has 0 radical (unpaired) electrons. The van der Waals surface area contributed by atoms with Crippen molar-refractivity contribution in [3.63, 3.8) is 0 Å². The Bertz CT molecular complexity index is 180. The van der Waals surface area contributed by atoms with Crippen molar-refractivity contribution >= 4 is 0 Å². The molecule has 0 aromatic heterocycles. The van der Waals surface area contributed by atoms with Gasteiger partial charge in [-0.3, -0.25) is 0 Å². The molecular formula is C14H29NO. The summed E-state index contributed by atoms with van der Waals surface area (Å²) in [5.74, 6) is 1.76. The first kappa shape index (κ1) is 14.0. The molecule has 1 N–H and O–H groups in total. The molecular weight excluding hydrogens is 198 g/mol. The van der Waals surface area contributed by atoms with E-state index in [1.165, 1.54) is 32.1 Å².